The Bertz CT molecular complexity index is 353. The molecule has 1 amide bonds. The van der Waals surface area contributed by atoms with Crippen LogP contribution in [0.25, 0.3) is 0 Å². The minimum atomic E-state index is -1.47. The number of hydrogen-bond acceptors (Lipinski definition) is 3. The normalized spacial score (nSPS) is 8.92. The highest BCUT2D eigenvalue weighted by Gasteiger charge is 2.09. The molecule has 0 saturated heterocycles. The van der Waals surface area contributed by atoms with Gasteiger partial charge in [-0.25, -0.2) is 4.79 Å². The van der Waals surface area contributed by atoms with E-state index >= 15 is 0 Å². The summed E-state index contributed by atoms with van der Waals surface area (Å²) in [7, 11) is 0. The fourth-order valence-corrected chi connectivity index (χ4v) is 0.788. The summed E-state index contributed by atoms with van der Waals surface area (Å²) in [4.78, 5) is 10.3. The lowest BCUT2D eigenvalue weighted by atomic mass is 10.2. The van der Waals surface area contributed by atoms with Gasteiger partial charge >= 0.3 is 6.09 Å². The molecule has 0 fully saturated rings. The molecule has 0 aliphatic carbocycles. The summed E-state index contributed by atoms with van der Waals surface area (Å²) in [5.41, 5.74) is 0.508. The van der Waals surface area contributed by atoms with E-state index in [2.05, 4.69) is 0 Å². The van der Waals surface area contributed by atoms with Crippen LogP contribution in [0, 0.1) is 11.3 Å². The van der Waals surface area contributed by atoms with Crippen LogP contribution < -0.4 is 5.06 Å². The standard InChI is InChI=1S/C8H6N2O3/c9-5-6-1-3-7(4-2-6)10(13)8(11)12/h1-4,13H,(H,11,12). The van der Waals surface area contributed by atoms with E-state index in [4.69, 9.17) is 15.6 Å². The van der Waals surface area contributed by atoms with E-state index in [0.29, 0.717) is 5.56 Å². The minimum Gasteiger partial charge on any atom is -0.463 e. The van der Waals surface area contributed by atoms with E-state index in [1.807, 2.05) is 6.07 Å². The molecule has 0 spiro atoms. The summed E-state index contributed by atoms with van der Waals surface area (Å²) >= 11 is 0. The Morgan fingerprint density at radius 3 is 2.31 bits per heavy atom. The van der Waals surface area contributed by atoms with Crippen LogP contribution in [0.2, 0.25) is 0 Å². The van der Waals surface area contributed by atoms with Crippen molar-refractivity contribution in [3.63, 3.8) is 0 Å². The molecule has 13 heavy (non-hydrogen) atoms. The molecule has 1 aromatic carbocycles. The molecular weight excluding hydrogens is 172 g/mol. The van der Waals surface area contributed by atoms with Crippen LogP contribution in [-0.4, -0.2) is 16.4 Å². The van der Waals surface area contributed by atoms with Gasteiger partial charge in [-0.2, -0.15) is 10.3 Å². The molecule has 0 aromatic heterocycles. The third-order valence-corrected chi connectivity index (χ3v) is 1.42. The van der Waals surface area contributed by atoms with Crippen molar-refractivity contribution in [1.29, 1.82) is 5.26 Å². The number of nitriles is 1. The van der Waals surface area contributed by atoms with Crippen molar-refractivity contribution in [2.75, 3.05) is 5.06 Å². The number of carbonyl (C=O) groups is 1. The minimum absolute atomic E-state index is 0.0845. The molecule has 0 bridgehead atoms. The van der Waals surface area contributed by atoms with Crippen molar-refractivity contribution in [1.82, 2.24) is 0 Å². The summed E-state index contributed by atoms with van der Waals surface area (Å²) in [5, 5.41) is 25.8. The average Bonchev–Trinajstić information content (AvgIpc) is 2.17. The van der Waals surface area contributed by atoms with Gasteiger partial charge < -0.3 is 5.11 Å². The molecule has 0 heterocycles. The lowest BCUT2D eigenvalue weighted by Crippen LogP contribution is -2.24. The van der Waals surface area contributed by atoms with E-state index in [1.165, 1.54) is 24.3 Å². The Labute approximate surface area is 74.0 Å². The monoisotopic (exact) mass is 178 g/mol. The van der Waals surface area contributed by atoms with Crippen molar-refractivity contribution in [2.45, 2.75) is 0 Å². The van der Waals surface area contributed by atoms with Crippen molar-refractivity contribution in [2.24, 2.45) is 0 Å². The quantitative estimate of drug-likeness (QED) is 0.503. The molecule has 1 rings (SSSR count). The second-order valence-electron chi connectivity index (χ2n) is 2.25. The van der Waals surface area contributed by atoms with Crippen molar-refractivity contribution in [3.05, 3.63) is 29.8 Å². The first-order chi connectivity index (χ1) is 6.15. The zero-order valence-corrected chi connectivity index (χ0v) is 6.51. The zero-order chi connectivity index (χ0) is 9.84. The first kappa shape index (κ1) is 9.03. The number of anilines is 1. The van der Waals surface area contributed by atoms with E-state index in [0.717, 1.165) is 0 Å². The molecule has 0 saturated carbocycles. The second kappa shape index (κ2) is 3.56. The number of benzene rings is 1. The molecule has 5 nitrogen and oxygen atoms in total. The van der Waals surface area contributed by atoms with Gasteiger partial charge in [0, 0.05) is 0 Å². The number of amides is 1. The zero-order valence-electron chi connectivity index (χ0n) is 6.51. The van der Waals surface area contributed by atoms with Crippen LogP contribution in [0.15, 0.2) is 24.3 Å². The van der Waals surface area contributed by atoms with Gasteiger partial charge in [-0.15, -0.1) is 0 Å². The summed E-state index contributed by atoms with van der Waals surface area (Å²) in [6, 6.07) is 7.39. The second-order valence-corrected chi connectivity index (χ2v) is 2.25. The van der Waals surface area contributed by atoms with E-state index < -0.39 is 6.09 Å². The van der Waals surface area contributed by atoms with Crippen LogP contribution in [0.3, 0.4) is 0 Å². The Morgan fingerprint density at radius 1 is 1.38 bits per heavy atom. The van der Waals surface area contributed by atoms with Gasteiger partial charge in [0.1, 0.15) is 0 Å². The van der Waals surface area contributed by atoms with Crippen LogP contribution in [-0.2, 0) is 0 Å². The van der Waals surface area contributed by atoms with Crippen LogP contribution in [0.5, 0.6) is 0 Å². The maximum absolute atomic E-state index is 10.3. The molecule has 66 valence electrons. The highest BCUT2D eigenvalue weighted by molar-refractivity contribution is 5.83. The summed E-state index contributed by atoms with van der Waals surface area (Å²) < 4.78 is 0. The summed E-state index contributed by atoms with van der Waals surface area (Å²) in [6.45, 7) is 0. The average molecular weight is 178 g/mol. The van der Waals surface area contributed by atoms with Gasteiger partial charge in [0.15, 0.2) is 0 Å². The van der Waals surface area contributed by atoms with Gasteiger partial charge in [0.05, 0.1) is 17.3 Å². The Balaban J connectivity index is 2.93. The van der Waals surface area contributed by atoms with Gasteiger partial charge in [0.25, 0.3) is 0 Å². The van der Waals surface area contributed by atoms with E-state index in [-0.39, 0.29) is 10.8 Å². The summed E-state index contributed by atoms with van der Waals surface area (Å²) in [5.74, 6) is 0. The van der Waals surface area contributed by atoms with Crippen molar-refractivity contribution < 1.29 is 15.1 Å². The number of rotatable bonds is 1. The van der Waals surface area contributed by atoms with E-state index in [9.17, 15) is 4.79 Å². The topological polar surface area (TPSA) is 84.6 Å². The maximum atomic E-state index is 10.3. The van der Waals surface area contributed by atoms with Crippen LogP contribution in [0.1, 0.15) is 5.56 Å². The molecule has 2 N–H and O–H groups in total. The molecule has 0 atom stereocenters. The highest BCUT2D eigenvalue weighted by Crippen LogP contribution is 2.12. The molecule has 0 aliphatic heterocycles. The molecule has 1 aromatic rings. The van der Waals surface area contributed by atoms with E-state index in [1.54, 1.807) is 0 Å². The van der Waals surface area contributed by atoms with Crippen molar-refractivity contribution in [3.8, 4) is 6.07 Å². The molecule has 0 aliphatic rings. The predicted octanol–water partition coefficient (Wildman–Crippen LogP) is 1.43. The first-order valence-electron chi connectivity index (χ1n) is 3.37. The lowest BCUT2D eigenvalue weighted by molar-refractivity contribution is 0.160. The predicted molar refractivity (Wildman–Crippen MR) is 43.4 cm³/mol. The van der Waals surface area contributed by atoms with Gasteiger partial charge in [-0.05, 0) is 24.3 Å². The smallest absolute Gasteiger partial charge is 0.436 e. The third kappa shape index (κ3) is 1.95. The molecule has 5 heteroatoms. The van der Waals surface area contributed by atoms with Gasteiger partial charge in [-0.3, -0.25) is 5.21 Å². The first-order valence-corrected chi connectivity index (χ1v) is 3.37. The van der Waals surface area contributed by atoms with Crippen LogP contribution >= 0.6 is 0 Å². The third-order valence-electron chi connectivity index (χ3n) is 1.42. The lowest BCUT2D eigenvalue weighted by Gasteiger charge is -2.09. The number of nitrogens with zero attached hydrogens (tertiary/aromatic N) is 2. The summed E-state index contributed by atoms with van der Waals surface area (Å²) in [6.07, 6.45) is -1.47. The Hall–Kier alpha value is -2.06. The molecule has 0 radical (unpaired) electrons. The Kier molecular flexibility index (Phi) is 2.47. The number of hydroxylamine groups is 1. The Morgan fingerprint density at radius 2 is 1.92 bits per heavy atom. The number of hydrogen-bond donors (Lipinski definition) is 2. The molecule has 0 unspecified atom stereocenters. The van der Waals surface area contributed by atoms with Gasteiger partial charge in [-0.1, -0.05) is 0 Å². The van der Waals surface area contributed by atoms with Crippen molar-refractivity contribution >= 4 is 11.8 Å². The highest BCUT2D eigenvalue weighted by atomic mass is 16.6. The fraction of sp³-hybridized carbons (Fsp3) is 0. The largest absolute Gasteiger partial charge is 0.463 e. The fourth-order valence-electron chi connectivity index (χ4n) is 0.788. The maximum Gasteiger partial charge on any atom is 0.436 e. The number of carboxylic acid groups (broad SMARTS) is 1. The van der Waals surface area contributed by atoms with Crippen LogP contribution in [0.4, 0.5) is 10.5 Å². The SMILES string of the molecule is N#Cc1ccc(N(O)C(=O)O)cc1. The molecular formula is C8H6N2O3. The van der Waals surface area contributed by atoms with Gasteiger partial charge in [0.2, 0.25) is 0 Å².